The molecule has 0 spiro atoms. The molecule has 110 valence electrons. The third kappa shape index (κ3) is 4.55. The number of benzene rings is 1. The first-order chi connectivity index (χ1) is 9.65. The molecule has 0 atom stereocenters. The van der Waals surface area contributed by atoms with Crippen LogP contribution in [0.3, 0.4) is 0 Å². The van der Waals surface area contributed by atoms with Crippen LogP contribution in [0.4, 0.5) is 11.4 Å². The Morgan fingerprint density at radius 1 is 1.10 bits per heavy atom. The summed E-state index contributed by atoms with van der Waals surface area (Å²) >= 11 is 0. The minimum atomic E-state index is 0.0131. The van der Waals surface area contributed by atoms with Gasteiger partial charge in [-0.1, -0.05) is 33.1 Å². The van der Waals surface area contributed by atoms with Gasteiger partial charge in [0, 0.05) is 23.8 Å². The minimum Gasteiger partial charge on any atom is -0.385 e. The first-order valence-electron chi connectivity index (χ1n) is 7.80. The number of anilines is 2. The summed E-state index contributed by atoms with van der Waals surface area (Å²) in [4.78, 5) is 11.6. The average molecular weight is 274 g/mol. The maximum Gasteiger partial charge on any atom is 0.226 e. The minimum absolute atomic E-state index is 0.0131. The Morgan fingerprint density at radius 3 is 2.30 bits per heavy atom. The van der Waals surface area contributed by atoms with Crippen molar-refractivity contribution < 1.29 is 4.79 Å². The van der Waals surface area contributed by atoms with E-state index in [0.717, 1.165) is 23.8 Å². The van der Waals surface area contributed by atoms with Gasteiger partial charge < -0.3 is 10.6 Å². The number of carbonyl (C=O) groups excluding carboxylic acids is 1. The molecule has 0 bridgehead atoms. The quantitative estimate of drug-likeness (QED) is 0.841. The van der Waals surface area contributed by atoms with Gasteiger partial charge in [0.05, 0.1) is 0 Å². The maximum absolute atomic E-state index is 11.6. The SMILES string of the molecule is CC(C)C(=O)Nc1ccc(NCC2CCCCC2)cc1. The lowest BCUT2D eigenvalue weighted by atomic mass is 9.89. The Morgan fingerprint density at radius 2 is 1.70 bits per heavy atom. The van der Waals surface area contributed by atoms with E-state index in [9.17, 15) is 4.79 Å². The van der Waals surface area contributed by atoms with Crippen LogP contribution in [-0.4, -0.2) is 12.5 Å². The molecule has 0 heterocycles. The van der Waals surface area contributed by atoms with Crippen LogP contribution in [0.1, 0.15) is 46.0 Å². The number of carbonyl (C=O) groups is 1. The number of amides is 1. The summed E-state index contributed by atoms with van der Waals surface area (Å²) in [5, 5.41) is 6.41. The second-order valence-corrected chi connectivity index (χ2v) is 6.11. The van der Waals surface area contributed by atoms with E-state index in [0.29, 0.717) is 0 Å². The molecule has 1 aliphatic rings. The Hall–Kier alpha value is -1.51. The van der Waals surface area contributed by atoms with Crippen LogP contribution in [0, 0.1) is 11.8 Å². The first kappa shape index (κ1) is 14.9. The van der Waals surface area contributed by atoms with Crippen molar-refractivity contribution in [2.45, 2.75) is 46.0 Å². The van der Waals surface area contributed by atoms with E-state index in [1.165, 1.54) is 32.1 Å². The van der Waals surface area contributed by atoms with Gasteiger partial charge in [-0.15, -0.1) is 0 Å². The largest absolute Gasteiger partial charge is 0.385 e. The molecule has 0 aromatic heterocycles. The Balaban J connectivity index is 1.80. The summed E-state index contributed by atoms with van der Waals surface area (Å²) in [6.45, 7) is 4.86. The molecule has 3 nitrogen and oxygen atoms in total. The summed E-state index contributed by atoms with van der Waals surface area (Å²) in [6, 6.07) is 8.00. The third-order valence-corrected chi connectivity index (χ3v) is 4.00. The van der Waals surface area contributed by atoms with Crippen molar-refractivity contribution in [2.75, 3.05) is 17.2 Å². The lowest BCUT2D eigenvalue weighted by Crippen LogP contribution is -2.18. The molecule has 3 heteroatoms. The number of hydrogen-bond donors (Lipinski definition) is 2. The van der Waals surface area contributed by atoms with Crippen molar-refractivity contribution in [3.63, 3.8) is 0 Å². The Kier molecular flexibility index (Phi) is 5.45. The summed E-state index contributed by atoms with van der Waals surface area (Å²) in [5.41, 5.74) is 2.00. The molecule has 0 radical (unpaired) electrons. The monoisotopic (exact) mass is 274 g/mol. The molecule has 1 fully saturated rings. The zero-order valence-electron chi connectivity index (χ0n) is 12.6. The summed E-state index contributed by atoms with van der Waals surface area (Å²) in [7, 11) is 0. The highest BCUT2D eigenvalue weighted by atomic mass is 16.1. The topological polar surface area (TPSA) is 41.1 Å². The third-order valence-electron chi connectivity index (χ3n) is 4.00. The highest BCUT2D eigenvalue weighted by Gasteiger charge is 2.12. The van der Waals surface area contributed by atoms with Crippen molar-refractivity contribution in [2.24, 2.45) is 11.8 Å². The van der Waals surface area contributed by atoms with Crippen LogP contribution in [0.2, 0.25) is 0 Å². The molecular formula is C17H26N2O. The van der Waals surface area contributed by atoms with Gasteiger partial charge in [-0.2, -0.15) is 0 Å². The average Bonchev–Trinajstić information content (AvgIpc) is 2.47. The zero-order valence-corrected chi connectivity index (χ0v) is 12.6. The highest BCUT2D eigenvalue weighted by molar-refractivity contribution is 5.92. The van der Waals surface area contributed by atoms with E-state index < -0.39 is 0 Å². The smallest absolute Gasteiger partial charge is 0.226 e. The number of nitrogens with one attached hydrogen (secondary N) is 2. The predicted octanol–water partition coefficient (Wildman–Crippen LogP) is 4.27. The molecule has 1 aromatic rings. The van der Waals surface area contributed by atoms with E-state index >= 15 is 0 Å². The standard InChI is InChI=1S/C17H26N2O/c1-13(2)17(20)19-16-10-8-15(9-11-16)18-12-14-6-4-3-5-7-14/h8-11,13-14,18H,3-7,12H2,1-2H3,(H,19,20). The van der Waals surface area contributed by atoms with Gasteiger partial charge in [0.2, 0.25) is 5.91 Å². The Bertz CT molecular complexity index is 419. The van der Waals surface area contributed by atoms with Crippen LogP contribution in [-0.2, 0) is 4.79 Å². The molecule has 1 amide bonds. The fourth-order valence-corrected chi connectivity index (χ4v) is 2.61. The van der Waals surface area contributed by atoms with Gasteiger partial charge >= 0.3 is 0 Å². The second kappa shape index (κ2) is 7.32. The molecule has 1 aliphatic carbocycles. The van der Waals surface area contributed by atoms with Crippen molar-refractivity contribution in [1.82, 2.24) is 0 Å². The van der Waals surface area contributed by atoms with E-state index in [1.807, 2.05) is 38.1 Å². The molecule has 1 saturated carbocycles. The van der Waals surface area contributed by atoms with E-state index in [2.05, 4.69) is 10.6 Å². The van der Waals surface area contributed by atoms with Crippen LogP contribution in [0.15, 0.2) is 24.3 Å². The summed E-state index contributed by atoms with van der Waals surface area (Å²) in [5.74, 6) is 0.899. The van der Waals surface area contributed by atoms with Crippen LogP contribution < -0.4 is 10.6 Å². The first-order valence-corrected chi connectivity index (χ1v) is 7.80. The number of hydrogen-bond acceptors (Lipinski definition) is 2. The summed E-state index contributed by atoms with van der Waals surface area (Å²) < 4.78 is 0. The van der Waals surface area contributed by atoms with Gasteiger partial charge in [-0.3, -0.25) is 4.79 Å². The van der Waals surface area contributed by atoms with Gasteiger partial charge in [-0.25, -0.2) is 0 Å². The van der Waals surface area contributed by atoms with Crippen molar-refractivity contribution in [3.8, 4) is 0 Å². The van der Waals surface area contributed by atoms with E-state index in [4.69, 9.17) is 0 Å². The molecule has 2 rings (SSSR count). The lowest BCUT2D eigenvalue weighted by Gasteiger charge is -2.22. The molecule has 0 unspecified atom stereocenters. The molecule has 0 saturated heterocycles. The summed E-state index contributed by atoms with van der Waals surface area (Å²) in [6.07, 6.45) is 6.88. The van der Waals surface area contributed by atoms with Gasteiger partial charge in [0.25, 0.3) is 0 Å². The zero-order chi connectivity index (χ0) is 14.4. The van der Waals surface area contributed by atoms with Crippen molar-refractivity contribution in [3.05, 3.63) is 24.3 Å². The fourth-order valence-electron chi connectivity index (χ4n) is 2.61. The van der Waals surface area contributed by atoms with Crippen molar-refractivity contribution >= 4 is 17.3 Å². The van der Waals surface area contributed by atoms with Crippen LogP contribution >= 0.6 is 0 Å². The van der Waals surface area contributed by atoms with E-state index in [-0.39, 0.29) is 11.8 Å². The molecular weight excluding hydrogens is 248 g/mol. The van der Waals surface area contributed by atoms with E-state index in [1.54, 1.807) is 0 Å². The lowest BCUT2D eigenvalue weighted by molar-refractivity contribution is -0.118. The van der Waals surface area contributed by atoms with Gasteiger partial charge in [0.15, 0.2) is 0 Å². The molecule has 0 aliphatic heterocycles. The fraction of sp³-hybridized carbons (Fsp3) is 0.588. The van der Waals surface area contributed by atoms with Crippen molar-refractivity contribution in [1.29, 1.82) is 0 Å². The number of rotatable bonds is 5. The van der Waals surface area contributed by atoms with Crippen LogP contribution in [0.5, 0.6) is 0 Å². The van der Waals surface area contributed by atoms with Crippen LogP contribution in [0.25, 0.3) is 0 Å². The Labute approximate surface area is 122 Å². The molecule has 2 N–H and O–H groups in total. The maximum atomic E-state index is 11.6. The molecule has 20 heavy (non-hydrogen) atoms. The second-order valence-electron chi connectivity index (χ2n) is 6.11. The predicted molar refractivity (Wildman–Crippen MR) is 85.0 cm³/mol. The normalized spacial score (nSPS) is 16.1. The molecule has 1 aromatic carbocycles. The van der Waals surface area contributed by atoms with Gasteiger partial charge in [-0.05, 0) is 43.0 Å². The van der Waals surface area contributed by atoms with Gasteiger partial charge in [0.1, 0.15) is 0 Å². The highest BCUT2D eigenvalue weighted by Crippen LogP contribution is 2.24.